The van der Waals surface area contributed by atoms with Crippen molar-refractivity contribution >= 4 is 11.7 Å². The Bertz CT molecular complexity index is 543. The van der Waals surface area contributed by atoms with Crippen LogP contribution in [0.4, 0.5) is 5.82 Å². The summed E-state index contributed by atoms with van der Waals surface area (Å²) in [7, 11) is 1.80. The lowest BCUT2D eigenvalue weighted by Gasteiger charge is -2.07. The quantitative estimate of drug-likeness (QED) is 0.818. The lowest BCUT2D eigenvalue weighted by atomic mass is 10.2. The van der Waals surface area contributed by atoms with Gasteiger partial charge in [0.1, 0.15) is 18.7 Å². The lowest BCUT2D eigenvalue weighted by molar-refractivity contribution is -0.117. The van der Waals surface area contributed by atoms with Crippen molar-refractivity contribution in [1.29, 1.82) is 0 Å². The summed E-state index contributed by atoms with van der Waals surface area (Å²) in [5.74, 6) is 0.549. The van der Waals surface area contributed by atoms with E-state index in [0.29, 0.717) is 0 Å². The predicted octanol–water partition coefficient (Wildman–Crippen LogP) is -0.0839. The van der Waals surface area contributed by atoms with Gasteiger partial charge in [0.2, 0.25) is 5.91 Å². The largest absolute Gasteiger partial charge is 0.309 e. The van der Waals surface area contributed by atoms with Gasteiger partial charge in [-0.05, 0) is 23.8 Å². The van der Waals surface area contributed by atoms with Crippen molar-refractivity contribution in [2.45, 2.75) is 26.8 Å². The smallest absolute Gasteiger partial charge is 0.247 e. The van der Waals surface area contributed by atoms with Crippen LogP contribution in [-0.2, 0) is 24.8 Å². The number of nitrogens with one attached hydrogen (secondary N) is 1. The van der Waals surface area contributed by atoms with Crippen LogP contribution in [0.5, 0.6) is 0 Å². The number of aryl methyl sites for hydroxylation is 2. The highest BCUT2D eigenvalue weighted by atomic mass is 16.2. The highest BCUT2D eigenvalue weighted by Gasteiger charge is 2.14. The molecule has 0 saturated carbocycles. The van der Waals surface area contributed by atoms with Crippen LogP contribution in [0.3, 0.4) is 0 Å². The van der Waals surface area contributed by atoms with Gasteiger partial charge in [-0.2, -0.15) is 5.10 Å². The van der Waals surface area contributed by atoms with E-state index in [1.54, 1.807) is 11.7 Å². The van der Waals surface area contributed by atoms with Gasteiger partial charge in [-0.25, -0.2) is 4.68 Å². The Kier molecular flexibility index (Phi) is 3.35. The normalized spacial score (nSPS) is 10.6. The van der Waals surface area contributed by atoms with E-state index in [2.05, 4.69) is 25.9 Å². The molecule has 0 atom stereocenters. The van der Waals surface area contributed by atoms with E-state index in [1.807, 2.05) is 13.8 Å². The number of aromatic nitrogens is 6. The Morgan fingerprint density at radius 1 is 1.50 bits per heavy atom. The van der Waals surface area contributed by atoms with Crippen LogP contribution >= 0.6 is 0 Å². The fraction of sp³-hybridized carbons (Fsp3) is 0.500. The van der Waals surface area contributed by atoms with Crippen LogP contribution in [-0.4, -0.2) is 35.9 Å². The lowest BCUT2D eigenvalue weighted by Crippen LogP contribution is -2.21. The number of tetrazole rings is 1. The Hall–Kier alpha value is -2.25. The molecule has 0 aliphatic carbocycles. The molecular formula is C10H15N7O. The van der Waals surface area contributed by atoms with E-state index in [-0.39, 0.29) is 12.5 Å². The number of nitrogens with zero attached hydrogens (tertiary/aromatic N) is 6. The van der Waals surface area contributed by atoms with E-state index < -0.39 is 0 Å². The third kappa shape index (κ3) is 2.36. The van der Waals surface area contributed by atoms with Crippen molar-refractivity contribution in [3.8, 4) is 0 Å². The third-order valence-corrected chi connectivity index (χ3v) is 2.65. The van der Waals surface area contributed by atoms with E-state index >= 15 is 0 Å². The molecule has 2 aromatic heterocycles. The highest BCUT2D eigenvalue weighted by molar-refractivity contribution is 5.90. The zero-order valence-corrected chi connectivity index (χ0v) is 10.6. The zero-order chi connectivity index (χ0) is 13.1. The summed E-state index contributed by atoms with van der Waals surface area (Å²) < 4.78 is 3.04. The summed E-state index contributed by atoms with van der Waals surface area (Å²) in [5, 5.41) is 17.7. The standard InChI is InChI=1S/C10H15N7O/c1-4-8-7(2)13-16(3)10(8)12-9(18)5-17-6-11-14-15-17/h6H,4-5H2,1-3H3,(H,12,18). The van der Waals surface area contributed by atoms with Crippen molar-refractivity contribution in [3.63, 3.8) is 0 Å². The van der Waals surface area contributed by atoms with Gasteiger partial charge in [-0.1, -0.05) is 6.92 Å². The van der Waals surface area contributed by atoms with Gasteiger partial charge < -0.3 is 5.32 Å². The zero-order valence-electron chi connectivity index (χ0n) is 10.6. The first-order valence-corrected chi connectivity index (χ1v) is 5.65. The molecule has 0 radical (unpaired) electrons. The van der Waals surface area contributed by atoms with Gasteiger partial charge in [0.25, 0.3) is 0 Å². The van der Waals surface area contributed by atoms with Crippen molar-refractivity contribution in [1.82, 2.24) is 30.0 Å². The summed E-state index contributed by atoms with van der Waals surface area (Å²) in [4.78, 5) is 11.8. The fourth-order valence-corrected chi connectivity index (χ4v) is 1.85. The van der Waals surface area contributed by atoms with Gasteiger partial charge in [0, 0.05) is 12.6 Å². The van der Waals surface area contributed by atoms with Crippen LogP contribution in [0.2, 0.25) is 0 Å². The number of carbonyl (C=O) groups is 1. The van der Waals surface area contributed by atoms with Crippen molar-refractivity contribution in [2.24, 2.45) is 7.05 Å². The minimum absolute atomic E-state index is 0.0837. The average Bonchev–Trinajstić information content (AvgIpc) is 2.89. The minimum atomic E-state index is -0.181. The summed E-state index contributed by atoms with van der Waals surface area (Å²) in [5.41, 5.74) is 1.97. The van der Waals surface area contributed by atoms with E-state index in [4.69, 9.17) is 0 Å². The number of hydrogen-bond acceptors (Lipinski definition) is 5. The van der Waals surface area contributed by atoms with Crippen molar-refractivity contribution in [3.05, 3.63) is 17.6 Å². The second kappa shape index (κ2) is 4.94. The summed E-state index contributed by atoms with van der Waals surface area (Å²) in [6.07, 6.45) is 2.22. The van der Waals surface area contributed by atoms with Gasteiger partial charge in [0.05, 0.1) is 5.69 Å². The first-order chi connectivity index (χ1) is 8.61. The molecule has 0 aromatic carbocycles. The molecule has 1 amide bonds. The number of hydrogen-bond donors (Lipinski definition) is 1. The van der Waals surface area contributed by atoms with Crippen LogP contribution < -0.4 is 5.32 Å². The topological polar surface area (TPSA) is 90.5 Å². The number of carbonyl (C=O) groups excluding carboxylic acids is 1. The number of amides is 1. The molecule has 8 nitrogen and oxygen atoms in total. The Labute approximate surface area is 104 Å². The molecule has 1 N–H and O–H groups in total. The Morgan fingerprint density at radius 3 is 2.89 bits per heavy atom. The molecule has 96 valence electrons. The minimum Gasteiger partial charge on any atom is -0.309 e. The molecule has 2 rings (SSSR count). The maximum atomic E-state index is 11.8. The second-order valence-corrected chi connectivity index (χ2v) is 3.95. The maximum Gasteiger partial charge on any atom is 0.247 e. The maximum absolute atomic E-state index is 11.8. The molecule has 0 spiro atoms. The Balaban J connectivity index is 2.11. The van der Waals surface area contributed by atoms with Gasteiger partial charge in [0.15, 0.2) is 0 Å². The van der Waals surface area contributed by atoms with Crippen molar-refractivity contribution < 1.29 is 4.79 Å². The summed E-state index contributed by atoms with van der Waals surface area (Å²) in [6, 6.07) is 0. The molecule has 0 aliphatic rings. The monoisotopic (exact) mass is 249 g/mol. The Morgan fingerprint density at radius 2 is 2.28 bits per heavy atom. The molecule has 0 aliphatic heterocycles. The van der Waals surface area contributed by atoms with Crippen LogP contribution in [0.15, 0.2) is 6.33 Å². The summed E-state index contributed by atoms with van der Waals surface area (Å²) in [6.45, 7) is 4.04. The van der Waals surface area contributed by atoms with E-state index in [0.717, 1.165) is 23.5 Å². The first kappa shape index (κ1) is 12.2. The first-order valence-electron chi connectivity index (χ1n) is 5.65. The van der Waals surface area contributed by atoms with Gasteiger partial charge in [-0.15, -0.1) is 5.10 Å². The molecule has 2 aromatic rings. The van der Waals surface area contributed by atoms with E-state index in [1.165, 1.54) is 11.0 Å². The second-order valence-electron chi connectivity index (χ2n) is 3.95. The SMILES string of the molecule is CCc1c(C)nn(C)c1NC(=O)Cn1cnnn1. The molecular weight excluding hydrogens is 234 g/mol. The molecule has 0 fully saturated rings. The molecule has 18 heavy (non-hydrogen) atoms. The molecule has 2 heterocycles. The van der Waals surface area contributed by atoms with Gasteiger partial charge in [-0.3, -0.25) is 9.48 Å². The van der Waals surface area contributed by atoms with Crippen molar-refractivity contribution in [2.75, 3.05) is 5.32 Å². The number of rotatable bonds is 4. The molecule has 0 unspecified atom stereocenters. The van der Waals surface area contributed by atoms with Crippen LogP contribution in [0.1, 0.15) is 18.2 Å². The van der Waals surface area contributed by atoms with Gasteiger partial charge >= 0.3 is 0 Å². The third-order valence-electron chi connectivity index (χ3n) is 2.65. The van der Waals surface area contributed by atoms with Crippen LogP contribution in [0.25, 0.3) is 0 Å². The molecule has 0 saturated heterocycles. The summed E-state index contributed by atoms with van der Waals surface area (Å²) >= 11 is 0. The fourth-order valence-electron chi connectivity index (χ4n) is 1.85. The highest BCUT2D eigenvalue weighted by Crippen LogP contribution is 2.18. The van der Waals surface area contributed by atoms with E-state index in [9.17, 15) is 4.79 Å². The molecule has 0 bridgehead atoms. The average molecular weight is 249 g/mol. The number of anilines is 1. The van der Waals surface area contributed by atoms with Crippen LogP contribution in [0, 0.1) is 6.92 Å². The molecule has 8 heteroatoms. The predicted molar refractivity (Wildman–Crippen MR) is 63.8 cm³/mol.